The van der Waals surface area contributed by atoms with Crippen molar-refractivity contribution in [3.05, 3.63) is 39.7 Å². The molecule has 2 N–H and O–H groups in total. The van der Waals surface area contributed by atoms with E-state index in [1.54, 1.807) is 6.20 Å². The molecule has 5 nitrogen and oxygen atoms in total. The summed E-state index contributed by atoms with van der Waals surface area (Å²) < 4.78 is 0.711. The number of hydrogen-bond acceptors (Lipinski definition) is 4. The standard InChI is InChI=1S/C14H17ClN4OS/c1-9(11-5-6-12(15)21-11)17-14(20)18-10-4-7-13(16-8-10)19(2)3/h4-9H,1-3H3,(H2,17,18,20)/t9-/m0/s1. The van der Waals surface area contributed by atoms with Crippen molar-refractivity contribution >= 4 is 40.5 Å². The Morgan fingerprint density at radius 1 is 1.33 bits per heavy atom. The van der Waals surface area contributed by atoms with E-state index in [4.69, 9.17) is 11.6 Å². The number of urea groups is 1. The van der Waals surface area contributed by atoms with Crippen LogP contribution >= 0.6 is 22.9 Å². The van der Waals surface area contributed by atoms with Gasteiger partial charge in [-0.3, -0.25) is 0 Å². The molecule has 0 fully saturated rings. The molecular formula is C14H17ClN4OS. The molecule has 112 valence electrons. The molecule has 0 bridgehead atoms. The van der Waals surface area contributed by atoms with Gasteiger partial charge in [0.2, 0.25) is 0 Å². The Kier molecular flexibility index (Phi) is 5.03. The van der Waals surface area contributed by atoms with E-state index in [9.17, 15) is 4.79 Å². The second-order valence-electron chi connectivity index (χ2n) is 4.76. The SMILES string of the molecule is C[C@H](NC(=O)Nc1ccc(N(C)C)nc1)c1ccc(Cl)s1. The fourth-order valence-electron chi connectivity index (χ4n) is 1.72. The predicted octanol–water partition coefficient (Wildman–Crippen LogP) is 3.75. The van der Waals surface area contributed by atoms with Crippen LogP contribution in [0.15, 0.2) is 30.5 Å². The Labute approximate surface area is 132 Å². The Morgan fingerprint density at radius 2 is 2.10 bits per heavy atom. The van der Waals surface area contributed by atoms with E-state index in [1.807, 2.05) is 50.2 Å². The van der Waals surface area contributed by atoms with E-state index in [-0.39, 0.29) is 12.1 Å². The van der Waals surface area contributed by atoms with Crippen LogP contribution in [0.1, 0.15) is 17.8 Å². The summed E-state index contributed by atoms with van der Waals surface area (Å²) in [4.78, 5) is 19.1. The largest absolute Gasteiger partial charge is 0.363 e. The predicted molar refractivity (Wildman–Crippen MR) is 88.5 cm³/mol. The zero-order valence-corrected chi connectivity index (χ0v) is 13.6. The first kappa shape index (κ1) is 15.6. The Balaban J connectivity index is 1.92. The number of nitrogens with zero attached hydrogens (tertiary/aromatic N) is 2. The highest BCUT2D eigenvalue weighted by atomic mass is 35.5. The minimum absolute atomic E-state index is 0.100. The molecule has 2 rings (SSSR count). The van der Waals surface area contributed by atoms with Crippen molar-refractivity contribution in [3.8, 4) is 0 Å². The molecule has 0 radical (unpaired) electrons. The molecular weight excluding hydrogens is 308 g/mol. The number of halogens is 1. The summed E-state index contributed by atoms with van der Waals surface area (Å²) >= 11 is 7.34. The number of aromatic nitrogens is 1. The van der Waals surface area contributed by atoms with Crippen LogP contribution in [-0.4, -0.2) is 25.1 Å². The molecule has 0 spiro atoms. The molecule has 0 aliphatic heterocycles. The van der Waals surface area contributed by atoms with Crippen molar-refractivity contribution in [2.24, 2.45) is 0 Å². The lowest BCUT2D eigenvalue weighted by Gasteiger charge is -2.14. The van der Waals surface area contributed by atoms with E-state index in [1.165, 1.54) is 11.3 Å². The van der Waals surface area contributed by atoms with Crippen LogP contribution in [0.5, 0.6) is 0 Å². The monoisotopic (exact) mass is 324 g/mol. The van der Waals surface area contributed by atoms with Gasteiger partial charge in [-0.2, -0.15) is 0 Å². The third-order valence-electron chi connectivity index (χ3n) is 2.83. The van der Waals surface area contributed by atoms with Crippen LogP contribution in [0.25, 0.3) is 0 Å². The molecule has 0 aromatic carbocycles. The lowest BCUT2D eigenvalue weighted by Crippen LogP contribution is -2.30. The lowest BCUT2D eigenvalue weighted by molar-refractivity contribution is 0.249. The zero-order valence-electron chi connectivity index (χ0n) is 12.1. The number of amides is 2. The Hall–Kier alpha value is -1.79. The number of anilines is 2. The average molecular weight is 325 g/mol. The normalized spacial score (nSPS) is 11.8. The van der Waals surface area contributed by atoms with Crippen LogP contribution in [0, 0.1) is 0 Å². The summed E-state index contributed by atoms with van der Waals surface area (Å²) in [5.74, 6) is 0.836. The number of nitrogens with one attached hydrogen (secondary N) is 2. The molecule has 2 aromatic heterocycles. The fraction of sp³-hybridized carbons (Fsp3) is 0.286. The van der Waals surface area contributed by atoms with E-state index in [0.717, 1.165) is 10.7 Å². The zero-order chi connectivity index (χ0) is 15.4. The molecule has 0 aliphatic rings. The van der Waals surface area contributed by atoms with Crippen molar-refractivity contribution in [1.82, 2.24) is 10.3 Å². The highest BCUT2D eigenvalue weighted by Gasteiger charge is 2.11. The number of carbonyl (C=O) groups excluding carboxylic acids is 1. The summed E-state index contributed by atoms with van der Waals surface area (Å²) in [6, 6.07) is 7.02. The molecule has 2 aromatic rings. The van der Waals surface area contributed by atoms with Gasteiger partial charge in [-0.05, 0) is 31.2 Å². The topological polar surface area (TPSA) is 57.3 Å². The van der Waals surface area contributed by atoms with Crippen LogP contribution in [0.4, 0.5) is 16.3 Å². The third-order valence-corrected chi connectivity index (χ3v) is 4.25. The number of rotatable bonds is 4. The Bertz CT molecular complexity index is 612. The van der Waals surface area contributed by atoms with Gasteiger partial charge >= 0.3 is 6.03 Å². The average Bonchev–Trinajstić information content (AvgIpc) is 2.86. The van der Waals surface area contributed by atoms with Gasteiger partial charge in [0.05, 0.1) is 22.3 Å². The van der Waals surface area contributed by atoms with Gasteiger partial charge in [0.1, 0.15) is 5.82 Å². The molecule has 7 heteroatoms. The summed E-state index contributed by atoms with van der Waals surface area (Å²) in [7, 11) is 3.83. The van der Waals surface area contributed by atoms with Gasteiger partial charge in [-0.1, -0.05) is 11.6 Å². The molecule has 1 atom stereocenters. The van der Waals surface area contributed by atoms with Crippen molar-refractivity contribution in [2.75, 3.05) is 24.3 Å². The minimum Gasteiger partial charge on any atom is -0.363 e. The maximum Gasteiger partial charge on any atom is 0.319 e. The van der Waals surface area contributed by atoms with Gasteiger partial charge in [-0.25, -0.2) is 9.78 Å². The Morgan fingerprint density at radius 3 is 2.62 bits per heavy atom. The van der Waals surface area contributed by atoms with Gasteiger partial charge in [0.15, 0.2) is 0 Å². The molecule has 21 heavy (non-hydrogen) atoms. The van der Waals surface area contributed by atoms with Crippen molar-refractivity contribution in [1.29, 1.82) is 0 Å². The first-order chi connectivity index (χ1) is 9.95. The third kappa shape index (κ3) is 4.34. The number of hydrogen-bond donors (Lipinski definition) is 2. The summed E-state index contributed by atoms with van der Waals surface area (Å²) in [6.45, 7) is 1.91. The molecule has 0 unspecified atom stereocenters. The van der Waals surface area contributed by atoms with Gasteiger partial charge in [-0.15, -0.1) is 11.3 Å². The lowest BCUT2D eigenvalue weighted by atomic mass is 10.3. The van der Waals surface area contributed by atoms with Crippen molar-refractivity contribution in [3.63, 3.8) is 0 Å². The molecule has 2 heterocycles. The van der Waals surface area contributed by atoms with E-state index in [2.05, 4.69) is 15.6 Å². The van der Waals surface area contributed by atoms with Crippen LogP contribution < -0.4 is 15.5 Å². The van der Waals surface area contributed by atoms with E-state index < -0.39 is 0 Å². The maximum absolute atomic E-state index is 11.9. The molecule has 0 saturated carbocycles. The van der Waals surface area contributed by atoms with E-state index in [0.29, 0.717) is 10.0 Å². The second-order valence-corrected chi connectivity index (χ2v) is 6.51. The quantitative estimate of drug-likeness (QED) is 0.900. The number of carbonyl (C=O) groups is 1. The van der Waals surface area contributed by atoms with Crippen LogP contribution in [0.3, 0.4) is 0 Å². The highest BCUT2D eigenvalue weighted by Crippen LogP contribution is 2.26. The number of thiophene rings is 1. The molecule has 0 aliphatic carbocycles. The van der Waals surface area contributed by atoms with E-state index >= 15 is 0 Å². The first-order valence-corrected chi connectivity index (χ1v) is 7.61. The smallest absolute Gasteiger partial charge is 0.319 e. The molecule has 0 saturated heterocycles. The second kappa shape index (κ2) is 6.78. The summed E-state index contributed by atoms with van der Waals surface area (Å²) in [5.41, 5.74) is 0.648. The summed E-state index contributed by atoms with van der Waals surface area (Å²) in [6.07, 6.45) is 1.63. The van der Waals surface area contributed by atoms with Crippen LogP contribution in [-0.2, 0) is 0 Å². The summed E-state index contributed by atoms with van der Waals surface area (Å²) in [5, 5.41) is 5.61. The van der Waals surface area contributed by atoms with Crippen LogP contribution in [0.2, 0.25) is 4.34 Å². The highest BCUT2D eigenvalue weighted by molar-refractivity contribution is 7.16. The minimum atomic E-state index is -0.272. The van der Waals surface area contributed by atoms with Crippen molar-refractivity contribution < 1.29 is 4.79 Å². The maximum atomic E-state index is 11.9. The molecule has 2 amide bonds. The van der Waals surface area contributed by atoms with Gasteiger partial charge in [0.25, 0.3) is 0 Å². The first-order valence-electron chi connectivity index (χ1n) is 6.42. The van der Waals surface area contributed by atoms with Gasteiger partial charge < -0.3 is 15.5 Å². The van der Waals surface area contributed by atoms with Crippen molar-refractivity contribution in [2.45, 2.75) is 13.0 Å². The number of pyridine rings is 1. The fourth-order valence-corrected chi connectivity index (χ4v) is 2.78. The van der Waals surface area contributed by atoms with Gasteiger partial charge in [0, 0.05) is 19.0 Å².